The molecule has 0 bridgehead atoms. The molecule has 9 heteroatoms. The molecule has 0 unspecified atom stereocenters. The molecular formula is C27H18ClN3O4S. The van der Waals surface area contributed by atoms with E-state index >= 15 is 0 Å². The molecule has 3 heterocycles. The summed E-state index contributed by atoms with van der Waals surface area (Å²) in [5.41, 5.74) is 1.94. The maximum absolute atomic E-state index is 13.7. The Bertz CT molecular complexity index is 1680. The number of aryl methyl sites for hydroxylation is 1. The molecule has 7 nitrogen and oxygen atoms in total. The van der Waals surface area contributed by atoms with E-state index in [4.69, 9.17) is 20.8 Å². The zero-order chi connectivity index (χ0) is 24.8. The molecule has 0 fully saturated rings. The number of nitrogens with zero attached hydrogens (tertiary/aromatic N) is 3. The van der Waals surface area contributed by atoms with Crippen LogP contribution >= 0.6 is 22.9 Å². The predicted molar refractivity (Wildman–Crippen MR) is 138 cm³/mol. The first-order valence-corrected chi connectivity index (χ1v) is 12.4. The van der Waals surface area contributed by atoms with Crippen LogP contribution in [0.2, 0.25) is 5.02 Å². The zero-order valence-electron chi connectivity index (χ0n) is 19.0. The van der Waals surface area contributed by atoms with Gasteiger partial charge in [0.15, 0.2) is 5.43 Å². The summed E-state index contributed by atoms with van der Waals surface area (Å²) in [5.74, 6) is 0.151. The molecule has 0 spiro atoms. The predicted octanol–water partition coefficient (Wildman–Crippen LogP) is 5.94. The molecule has 0 radical (unpaired) electrons. The van der Waals surface area contributed by atoms with Crippen LogP contribution in [0.25, 0.3) is 11.0 Å². The molecule has 1 aliphatic heterocycles. The lowest BCUT2D eigenvalue weighted by Gasteiger charge is -2.22. The van der Waals surface area contributed by atoms with Crippen molar-refractivity contribution in [2.24, 2.45) is 0 Å². The highest BCUT2D eigenvalue weighted by molar-refractivity contribution is 7.15. The number of anilines is 1. The van der Waals surface area contributed by atoms with Gasteiger partial charge in [0.1, 0.15) is 22.9 Å². The Hall–Kier alpha value is -4.01. The lowest BCUT2D eigenvalue weighted by atomic mass is 9.98. The first-order chi connectivity index (χ1) is 17.5. The van der Waals surface area contributed by atoms with Crippen LogP contribution in [0, 0.1) is 6.92 Å². The number of carbonyl (C=O) groups excluding carboxylic acids is 1. The van der Waals surface area contributed by atoms with E-state index in [0.29, 0.717) is 44.1 Å². The molecular weight excluding hydrogens is 498 g/mol. The monoisotopic (exact) mass is 515 g/mol. The topological polar surface area (TPSA) is 85.5 Å². The van der Waals surface area contributed by atoms with Crippen LogP contribution in [0.5, 0.6) is 5.75 Å². The third-order valence-corrected chi connectivity index (χ3v) is 7.05. The van der Waals surface area contributed by atoms with Gasteiger partial charge in [-0.1, -0.05) is 65.4 Å². The highest BCUT2D eigenvalue weighted by atomic mass is 35.5. The highest BCUT2D eigenvalue weighted by Gasteiger charge is 2.45. The van der Waals surface area contributed by atoms with Gasteiger partial charge in [-0.05, 0) is 48.4 Å². The van der Waals surface area contributed by atoms with Gasteiger partial charge in [0.05, 0.1) is 17.0 Å². The van der Waals surface area contributed by atoms with Gasteiger partial charge in [-0.25, -0.2) is 0 Å². The Balaban J connectivity index is 1.49. The van der Waals surface area contributed by atoms with E-state index in [9.17, 15) is 9.59 Å². The largest absolute Gasteiger partial charge is 0.489 e. The Kier molecular flexibility index (Phi) is 5.55. The van der Waals surface area contributed by atoms with Crippen LogP contribution < -0.4 is 15.1 Å². The molecule has 0 N–H and O–H groups in total. The first kappa shape index (κ1) is 22.5. The Morgan fingerprint density at radius 3 is 2.64 bits per heavy atom. The number of carbonyl (C=O) groups is 1. The van der Waals surface area contributed by atoms with Gasteiger partial charge < -0.3 is 9.15 Å². The standard InChI is InChI=1S/C27H18ClN3O4S/c1-15-29-30-27(36-15)31-23(17-8-5-9-19(12-17)34-14-16-6-3-2-4-7-16)22-24(32)20-13-18(28)10-11-21(20)35-25(22)26(31)33/h2-13,23H,14H2,1H3/t23-/m1/s1. The van der Waals surface area contributed by atoms with Crippen molar-refractivity contribution < 1.29 is 13.9 Å². The Morgan fingerprint density at radius 2 is 1.86 bits per heavy atom. The number of benzene rings is 3. The summed E-state index contributed by atoms with van der Waals surface area (Å²) in [7, 11) is 0. The minimum Gasteiger partial charge on any atom is -0.489 e. The van der Waals surface area contributed by atoms with Crippen molar-refractivity contribution in [2.75, 3.05) is 4.90 Å². The summed E-state index contributed by atoms with van der Waals surface area (Å²) in [5, 5.41) is 10.1. The number of hydrogen-bond acceptors (Lipinski definition) is 7. The number of halogens is 1. The number of aromatic nitrogens is 2. The van der Waals surface area contributed by atoms with Crippen LogP contribution in [0.1, 0.15) is 38.3 Å². The van der Waals surface area contributed by atoms with E-state index in [0.717, 1.165) is 5.56 Å². The summed E-state index contributed by atoms with van der Waals surface area (Å²) in [6.07, 6.45) is 0. The Labute approximate surface area is 214 Å². The summed E-state index contributed by atoms with van der Waals surface area (Å²) >= 11 is 7.43. The van der Waals surface area contributed by atoms with E-state index in [1.165, 1.54) is 16.2 Å². The van der Waals surface area contributed by atoms with Gasteiger partial charge in [0, 0.05) is 5.02 Å². The molecule has 0 saturated heterocycles. The minimum absolute atomic E-state index is 0.0108. The van der Waals surface area contributed by atoms with E-state index < -0.39 is 11.9 Å². The number of hydrogen-bond donors (Lipinski definition) is 0. The van der Waals surface area contributed by atoms with E-state index in [-0.39, 0.29) is 16.8 Å². The third-order valence-electron chi connectivity index (χ3n) is 5.98. The number of ether oxygens (including phenoxy) is 1. The van der Waals surface area contributed by atoms with Crippen molar-refractivity contribution >= 4 is 44.9 Å². The second-order valence-electron chi connectivity index (χ2n) is 8.34. The molecule has 1 atom stereocenters. The van der Waals surface area contributed by atoms with Crippen molar-refractivity contribution in [3.05, 3.63) is 116 Å². The fourth-order valence-corrected chi connectivity index (χ4v) is 5.24. The summed E-state index contributed by atoms with van der Waals surface area (Å²) in [6, 6.07) is 21.2. The van der Waals surface area contributed by atoms with Crippen LogP contribution in [0.4, 0.5) is 5.13 Å². The summed E-state index contributed by atoms with van der Waals surface area (Å²) in [4.78, 5) is 28.8. The van der Waals surface area contributed by atoms with Gasteiger partial charge in [-0.3, -0.25) is 14.5 Å². The second kappa shape index (κ2) is 8.89. The van der Waals surface area contributed by atoms with Gasteiger partial charge in [0.2, 0.25) is 10.9 Å². The van der Waals surface area contributed by atoms with Gasteiger partial charge >= 0.3 is 0 Å². The second-order valence-corrected chi connectivity index (χ2v) is 9.94. The molecule has 3 aromatic carbocycles. The summed E-state index contributed by atoms with van der Waals surface area (Å²) < 4.78 is 12.0. The van der Waals surface area contributed by atoms with Gasteiger partial charge in [-0.15, -0.1) is 10.2 Å². The molecule has 178 valence electrons. The molecule has 36 heavy (non-hydrogen) atoms. The third kappa shape index (κ3) is 3.84. The van der Waals surface area contributed by atoms with E-state index in [2.05, 4.69) is 10.2 Å². The quantitative estimate of drug-likeness (QED) is 0.288. The highest BCUT2D eigenvalue weighted by Crippen LogP contribution is 2.42. The van der Waals surface area contributed by atoms with Crippen molar-refractivity contribution in [3.8, 4) is 5.75 Å². The molecule has 5 aromatic rings. The fourth-order valence-electron chi connectivity index (χ4n) is 4.36. The van der Waals surface area contributed by atoms with Crippen LogP contribution in [-0.4, -0.2) is 16.1 Å². The number of fused-ring (bicyclic) bond motifs is 2. The maximum Gasteiger partial charge on any atom is 0.297 e. The van der Waals surface area contributed by atoms with Gasteiger partial charge in [0.25, 0.3) is 5.91 Å². The van der Waals surface area contributed by atoms with E-state index in [1.54, 1.807) is 18.2 Å². The lowest BCUT2D eigenvalue weighted by molar-refractivity contribution is 0.0970. The zero-order valence-corrected chi connectivity index (χ0v) is 20.5. The molecule has 6 rings (SSSR count). The minimum atomic E-state index is -0.764. The first-order valence-electron chi connectivity index (χ1n) is 11.2. The maximum atomic E-state index is 13.7. The SMILES string of the molecule is Cc1nnc(N2C(=O)c3oc4ccc(Cl)cc4c(=O)c3[C@H]2c2cccc(OCc3ccccc3)c2)s1. The molecule has 2 aromatic heterocycles. The van der Waals surface area contributed by atoms with Crippen LogP contribution in [0.3, 0.4) is 0 Å². The molecule has 0 saturated carbocycles. The fraction of sp³-hybridized carbons (Fsp3) is 0.111. The van der Waals surface area contributed by atoms with Crippen LogP contribution in [0.15, 0.2) is 82.0 Å². The lowest BCUT2D eigenvalue weighted by Crippen LogP contribution is -2.29. The van der Waals surface area contributed by atoms with Crippen molar-refractivity contribution in [2.45, 2.75) is 19.6 Å². The van der Waals surface area contributed by atoms with Crippen molar-refractivity contribution in [1.82, 2.24) is 10.2 Å². The molecule has 1 aliphatic rings. The number of amides is 1. The average Bonchev–Trinajstić information content (AvgIpc) is 3.45. The molecule has 1 amide bonds. The van der Waals surface area contributed by atoms with Crippen LogP contribution in [-0.2, 0) is 6.61 Å². The summed E-state index contributed by atoms with van der Waals surface area (Å²) in [6.45, 7) is 2.19. The van der Waals surface area contributed by atoms with Gasteiger partial charge in [-0.2, -0.15) is 0 Å². The smallest absolute Gasteiger partial charge is 0.297 e. The van der Waals surface area contributed by atoms with Crippen molar-refractivity contribution in [1.29, 1.82) is 0 Å². The Morgan fingerprint density at radius 1 is 1.03 bits per heavy atom. The van der Waals surface area contributed by atoms with Crippen molar-refractivity contribution in [3.63, 3.8) is 0 Å². The normalized spacial score (nSPS) is 14.9. The van der Waals surface area contributed by atoms with E-state index in [1.807, 2.05) is 61.5 Å². The number of rotatable bonds is 5. The molecule has 0 aliphatic carbocycles. The average molecular weight is 516 g/mol.